The van der Waals surface area contributed by atoms with E-state index in [1.165, 1.54) is 11.1 Å². The number of furan rings is 1. The maximum Gasteiger partial charge on any atom is 0.0934 e. The molecule has 0 fully saturated rings. The van der Waals surface area contributed by atoms with Crippen LogP contribution in [-0.4, -0.2) is 6.54 Å². The number of hydrogen-bond donors (Lipinski definition) is 1. The van der Waals surface area contributed by atoms with E-state index in [0.29, 0.717) is 6.04 Å². The van der Waals surface area contributed by atoms with E-state index in [9.17, 15) is 0 Å². The Hall–Kier alpha value is -1.54. The van der Waals surface area contributed by atoms with Crippen molar-refractivity contribution >= 4 is 0 Å². The first-order valence-electron chi connectivity index (χ1n) is 6.69. The van der Waals surface area contributed by atoms with Gasteiger partial charge in [0.15, 0.2) is 0 Å². The summed E-state index contributed by atoms with van der Waals surface area (Å²) in [6.07, 6.45) is 6.89. The second-order valence-corrected chi connectivity index (χ2v) is 4.59. The van der Waals surface area contributed by atoms with Crippen molar-refractivity contribution in [1.82, 2.24) is 5.32 Å². The Labute approximate surface area is 109 Å². The van der Waals surface area contributed by atoms with Gasteiger partial charge in [-0.05, 0) is 43.0 Å². The van der Waals surface area contributed by atoms with Gasteiger partial charge >= 0.3 is 0 Å². The number of rotatable bonds is 7. The van der Waals surface area contributed by atoms with Gasteiger partial charge in [0.25, 0.3) is 0 Å². The predicted molar refractivity (Wildman–Crippen MR) is 74.5 cm³/mol. The Morgan fingerprint density at radius 3 is 2.67 bits per heavy atom. The molecule has 0 amide bonds. The number of nitrogens with one attached hydrogen (secondary N) is 1. The first kappa shape index (κ1) is 12.9. The summed E-state index contributed by atoms with van der Waals surface area (Å²) in [5.74, 6) is 0. The molecule has 2 rings (SSSR count). The van der Waals surface area contributed by atoms with Crippen molar-refractivity contribution < 1.29 is 4.42 Å². The second kappa shape index (κ2) is 7.02. The molecule has 0 radical (unpaired) electrons. The molecule has 1 N–H and O–H groups in total. The molecule has 1 unspecified atom stereocenters. The first-order valence-corrected chi connectivity index (χ1v) is 6.69. The third-order valence-electron chi connectivity index (χ3n) is 3.14. The molecule has 0 spiro atoms. The summed E-state index contributed by atoms with van der Waals surface area (Å²) < 4.78 is 5.11. The summed E-state index contributed by atoms with van der Waals surface area (Å²) in [4.78, 5) is 0. The van der Waals surface area contributed by atoms with Gasteiger partial charge in [-0.3, -0.25) is 0 Å². The van der Waals surface area contributed by atoms with Crippen molar-refractivity contribution in [3.63, 3.8) is 0 Å². The highest BCUT2D eigenvalue weighted by Crippen LogP contribution is 2.19. The quantitative estimate of drug-likeness (QED) is 0.796. The lowest BCUT2D eigenvalue weighted by molar-refractivity contribution is 0.496. The predicted octanol–water partition coefficient (Wildman–Crippen LogP) is 3.95. The molecule has 0 bridgehead atoms. The van der Waals surface area contributed by atoms with Crippen LogP contribution in [0.1, 0.15) is 36.9 Å². The highest BCUT2D eigenvalue weighted by atomic mass is 16.3. The second-order valence-electron chi connectivity index (χ2n) is 4.59. The third kappa shape index (κ3) is 3.74. The van der Waals surface area contributed by atoms with Crippen LogP contribution < -0.4 is 5.32 Å². The summed E-state index contributed by atoms with van der Waals surface area (Å²) in [5.41, 5.74) is 2.64. The molecule has 1 heterocycles. The zero-order valence-corrected chi connectivity index (χ0v) is 10.9. The van der Waals surface area contributed by atoms with E-state index in [4.69, 9.17) is 4.42 Å². The summed E-state index contributed by atoms with van der Waals surface area (Å²) >= 11 is 0. The molecule has 2 heteroatoms. The molecular formula is C16H21NO. The summed E-state index contributed by atoms with van der Waals surface area (Å²) in [7, 11) is 0. The van der Waals surface area contributed by atoms with Crippen LogP contribution in [-0.2, 0) is 6.42 Å². The molecule has 1 aromatic carbocycles. The van der Waals surface area contributed by atoms with E-state index in [1.54, 1.807) is 6.26 Å². The molecule has 1 atom stereocenters. The highest BCUT2D eigenvalue weighted by Gasteiger charge is 2.10. The first-order chi connectivity index (χ1) is 8.90. The van der Waals surface area contributed by atoms with Crippen LogP contribution in [0.15, 0.2) is 53.3 Å². The van der Waals surface area contributed by atoms with Crippen LogP contribution in [0.2, 0.25) is 0 Å². The monoisotopic (exact) mass is 243 g/mol. The molecule has 96 valence electrons. The lowest BCUT2D eigenvalue weighted by Crippen LogP contribution is -2.22. The topological polar surface area (TPSA) is 25.2 Å². The fourth-order valence-corrected chi connectivity index (χ4v) is 2.14. The van der Waals surface area contributed by atoms with Crippen molar-refractivity contribution in [3.8, 4) is 0 Å². The van der Waals surface area contributed by atoms with Crippen LogP contribution in [0, 0.1) is 0 Å². The zero-order valence-electron chi connectivity index (χ0n) is 10.9. The van der Waals surface area contributed by atoms with E-state index in [1.807, 2.05) is 12.3 Å². The van der Waals surface area contributed by atoms with Crippen molar-refractivity contribution in [1.29, 1.82) is 0 Å². The molecule has 0 aliphatic heterocycles. The number of hydrogen-bond acceptors (Lipinski definition) is 2. The summed E-state index contributed by atoms with van der Waals surface area (Å²) in [6, 6.07) is 13.1. The van der Waals surface area contributed by atoms with E-state index < -0.39 is 0 Å². The van der Waals surface area contributed by atoms with Gasteiger partial charge in [0.1, 0.15) is 0 Å². The fraction of sp³-hybridized carbons (Fsp3) is 0.375. The lowest BCUT2D eigenvalue weighted by Gasteiger charge is -2.18. The minimum Gasteiger partial charge on any atom is -0.472 e. The van der Waals surface area contributed by atoms with E-state index in [0.717, 1.165) is 25.8 Å². The van der Waals surface area contributed by atoms with Gasteiger partial charge in [0.2, 0.25) is 0 Å². The normalized spacial score (nSPS) is 12.5. The minimum atomic E-state index is 0.432. The lowest BCUT2D eigenvalue weighted by atomic mass is 10.00. The van der Waals surface area contributed by atoms with Crippen LogP contribution >= 0.6 is 0 Å². The van der Waals surface area contributed by atoms with Gasteiger partial charge in [0.05, 0.1) is 12.5 Å². The molecule has 2 aromatic rings. The van der Waals surface area contributed by atoms with Crippen LogP contribution in [0.5, 0.6) is 0 Å². The SMILES string of the molecule is CCCNC(CCc1ccoc1)c1ccccc1. The third-order valence-corrected chi connectivity index (χ3v) is 3.14. The molecule has 0 saturated carbocycles. The molecular weight excluding hydrogens is 222 g/mol. The molecule has 0 aliphatic carbocycles. The molecule has 2 nitrogen and oxygen atoms in total. The maximum atomic E-state index is 5.11. The molecule has 1 aromatic heterocycles. The van der Waals surface area contributed by atoms with Crippen LogP contribution in [0.25, 0.3) is 0 Å². The van der Waals surface area contributed by atoms with E-state index in [2.05, 4.69) is 42.6 Å². The van der Waals surface area contributed by atoms with E-state index >= 15 is 0 Å². The van der Waals surface area contributed by atoms with Crippen LogP contribution in [0.3, 0.4) is 0 Å². The molecule has 0 aliphatic rings. The Morgan fingerprint density at radius 2 is 2.00 bits per heavy atom. The average molecular weight is 243 g/mol. The Bertz CT molecular complexity index is 422. The fourth-order valence-electron chi connectivity index (χ4n) is 2.14. The largest absolute Gasteiger partial charge is 0.472 e. The van der Waals surface area contributed by atoms with Crippen molar-refractivity contribution in [2.45, 2.75) is 32.2 Å². The van der Waals surface area contributed by atoms with Gasteiger partial charge in [0, 0.05) is 6.04 Å². The Kier molecular flexibility index (Phi) is 5.03. The Morgan fingerprint density at radius 1 is 1.17 bits per heavy atom. The minimum absolute atomic E-state index is 0.432. The number of benzene rings is 1. The van der Waals surface area contributed by atoms with Crippen molar-refractivity contribution in [3.05, 3.63) is 60.1 Å². The van der Waals surface area contributed by atoms with Gasteiger partial charge in [-0.2, -0.15) is 0 Å². The summed E-state index contributed by atoms with van der Waals surface area (Å²) in [5, 5.41) is 3.62. The maximum absolute atomic E-state index is 5.11. The summed E-state index contributed by atoms with van der Waals surface area (Å²) in [6.45, 7) is 3.26. The van der Waals surface area contributed by atoms with Gasteiger partial charge < -0.3 is 9.73 Å². The van der Waals surface area contributed by atoms with Crippen LogP contribution in [0.4, 0.5) is 0 Å². The van der Waals surface area contributed by atoms with Crippen molar-refractivity contribution in [2.24, 2.45) is 0 Å². The number of aryl methyl sites for hydroxylation is 1. The smallest absolute Gasteiger partial charge is 0.0934 e. The average Bonchev–Trinajstić information content (AvgIpc) is 2.93. The molecule has 18 heavy (non-hydrogen) atoms. The zero-order chi connectivity index (χ0) is 12.6. The van der Waals surface area contributed by atoms with Gasteiger partial charge in [-0.25, -0.2) is 0 Å². The van der Waals surface area contributed by atoms with Gasteiger partial charge in [-0.1, -0.05) is 37.3 Å². The van der Waals surface area contributed by atoms with Crippen molar-refractivity contribution in [2.75, 3.05) is 6.54 Å². The van der Waals surface area contributed by atoms with Gasteiger partial charge in [-0.15, -0.1) is 0 Å². The van der Waals surface area contributed by atoms with E-state index in [-0.39, 0.29) is 0 Å². The Balaban J connectivity index is 1.96. The standard InChI is InChI=1S/C16H21NO/c1-2-11-17-16(15-6-4-3-5-7-15)9-8-14-10-12-18-13-14/h3-7,10,12-13,16-17H,2,8-9,11H2,1H3. The molecule has 0 saturated heterocycles. The highest BCUT2D eigenvalue weighted by molar-refractivity contribution is 5.19.